The number of para-hydroxylation sites is 1. The number of guanidine groups is 1. The maximum atomic E-state index is 10.8. The zero-order chi connectivity index (χ0) is 19.4. The van der Waals surface area contributed by atoms with Gasteiger partial charge in [-0.05, 0) is 44.2 Å². The standard InChI is InChI=1S/C20H19N5O2/c1-20(2)18(26)17(15-10-13(11-21)8-9-16(15)27-20)25-19(23-12-22)24-14-6-4-3-5-7-14/h3-10,17-18,26H,1-2H3,(H2,23,24,25)/t17-,18-/m1/s1. The highest BCUT2D eigenvalue weighted by Crippen LogP contribution is 2.42. The van der Waals surface area contributed by atoms with E-state index in [1.54, 1.807) is 32.0 Å². The summed E-state index contributed by atoms with van der Waals surface area (Å²) in [6.07, 6.45) is 0.872. The van der Waals surface area contributed by atoms with Gasteiger partial charge in [0.1, 0.15) is 23.5 Å². The van der Waals surface area contributed by atoms with E-state index in [9.17, 15) is 10.4 Å². The Morgan fingerprint density at radius 3 is 2.59 bits per heavy atom. The number of fused-ring (bicyclic) bond motifs is 1. The van der Waals surface area contributed by atoms with Gasteiger partial charge in [-0.1, -0.05) is 18.2 Å². The summed E-state index contributed by atoms with van der Waals surface area (Å²) in [4.78, 5) is 4.55. The molecule has 0 amide bonds. The van der Waals surface area contributed by atoms with Crippen molar-refractivity contribution in [3.8, 4) is 18.0 Å². The number of aliphatic hydroxyl groups excluding tert-OH is 1. The van der Waals surface area contributed by atoms with Gasteiger partial charge in [-0.25, -0.2) is 4.99 Å². The summed E-state index contributed by atoms with van der Waals surface area (Å²) < 4.78 is 5.89. The van der Waals surface area contributed by atoms with E-state index in [4.69, 9.17) is 10.00 Å². The Morgan fingerprint density at radius 1 is 1.19 bits per heavy atom. The van der Waals surface area contributed by atoms with Crippen LogP contribution in [0, 0.1) is 22.8 Å². The predicted octanol–water partition coefficient (Wildman–Crippen LogP) is 2.67. The summed E-state index contributed by atoms with van der Waals surface area (Å²) in [5.41, 5.74) is 0.883. The molecule has 0 aromatic heterocycles. The fourth-order valence-corrected chi connectivity index (χ4v) is 2.92. The van der Waals surface area contributed by atoms with Crippen molar-refractivity contribution in [2.24, 2.45) is 4.99 Å². The fourth-order valence-electron chi connectivity index (χ4n) is 2.92. The van der Waals surface area contributed by atoms with Gasteiger partial charge in [-0.3, -0.25) is 5.32 Å². The number of hydrogen-bond donors (Lipinski definition) is 3. The molecule has 0 radical (unpaired) electrons. The molecule has 0 aliphatic carbocycles. The van der Waals surface area contributed by atoms with E-state index in [0.29, 0.717) is 16.9 Å². The van der Waals surface area contributed by atoms with Gasteiger partial charge in [0, 0.05) is 11.3 Å². The van der Waals surface area contributed by atoms with Gasteiger partial charge < -0.3 is 15.2 Å². The lowest BCUT2D eigenvalue weighted by Crippen LogP contribution is -2.49. The lowest BCUT2D eigenvalue weighted by atomic mass is 9.86. The summed E-state index contributed by atoms with van der Waals surface area (Å²) in [6, 6.07) is 15.6. The van der Waals surface area contributed by atoms with E-state index in [1.165, 1.54) is 0 Å². The molecular weight excluding hydrogens is 342 g/mol. The van der Waals surface area contributed by atoms with Crippen molar-refractivity contribution in [3.63, 3.8) is 0 Å². The highest BCUT2D eigenvalue weighted by atomic mass is 16.5. The molecule has 2 aromatic carbocycles. The molecule has 1 aliphatic rings. The molecule has 0 fully saturated rings. The van der Waals surface area contributed by atoms with Crippen LogP contribution in [0.2, 0.25) is 0 Å². The molecule has 0 spiro atoms. The van der Waals surface area contributed by atoms with Crippen molar-refractivity contribution < 1.29 is 9.84 Å². The van der Waals surface area contributed by atoms with E-state index >= 15 is 0 Å². The molecule has 2 atom stereocenters. The second-order valence-corrected chi connectivity index (χ2v) is 6.67. The predicted molar refractivity (Wildman–Crippen MR) is 101 cm³/mol. The molecule has 2 aromatic rings. The summed E-state index contributed by atoms with van der Waals surface area (Å²) >= 11 is 0. The van der Waals surface area contributed by atoms with Crippen molar-refractivity contribution in [3.05, 3.63) is 59.7 Å². The van der Waals surface area contributed by atoms with E-state index in [1.807, 2.05) is 36.5 Å². The highest BCUT2D eigenvalue weighted by molar-refractivity contribution is 5.94. The van der Waals surface area contributed by atoms with Crippen molar-refractivity contribution in [2.75, 3.05) is 5.32 Å². The normalized spacial score (nSPS) is 20.4. The number of benzene rings is 2. The highest BCUT2D eigenvalue weighted by Gasteiger charge is 2.43. The molecule has 136 valence electrons. The van der Waals surface area contributed by atoms with Gasteiger partial charge in [0.05, 0.1) is 11.6 Å². The number of nitrogens with one attached hydrogen (secondary N) is 2. The lowest BCUT2D eigenvalue weighted by molar-refractivity contribution is -0.0567. The van der Waals surface area contributed by atoms with Gasteiger partial charge >= 0.3 is 0 Å². The Labute approximate surface area is 157 Å². The third-order valence-electron chi connectivity index (χ3n) is 4.32. The van der Waals surface area contributed by atoms with Gasteiger partial charge in [0.2, 0.25) is 5.96 Å². The number of aliphatic imine (C=N–C) groups is 1. The first kappa shape index (κ1) is 18.2. The molecule has 3 rings (SSSR count). The minimum Gasteiger partial charge on any atom is -0.485 e. The van der Waals surface area contributed by atoms with Gasteiger partial charge in [0.25, 0.3) is 0 Å². The van der Waals surface area contributed by atoms with Crippen LogP contribution in [0.1, 0.15) is 31.0 Å². The molecule has 1 heterocycles. The molecule has 7 nitrogen and oxygen atoms in total. The van der Waals surface area contributed by atoms with Crippen LogP contribution in [-0.2, 0) is 0 Å². The SMILES string of the molecule is CC1(C)Oc2ccc(C#N)cc2[C@@H](N=C(NC#N)Nc2ccccc2)[C@H]1O. The fraction of sp³-hybridized carbons (Fsp3) is 0.250. The second-order valence-electron chi connectivity index (χ2n) is 6.67. The quantitative estimate of drug-likeness (QED) is 0.328. The Hall–Kier alpha value is -3.55. The van der Waals surface area contributed by atoms with Gasteiger partial charge in [-0.15, -0.1) is 0 Å². The number of hydrogen-bond acceptors (Lipinski definition) is 5. The van der Waals surface area contributed by atoms with Gasteiger partial charge in [0.15, 0.2) is 6.19 Å². The van der Waals surface area contributed by atoms with Gasteiger partial charge in [-0.2, -0.15) is 10.5 Å². The average Bonchev–Trinajstić information content (AvgIpc) is 2.66. The third kappa shape index (κ3) is 3.84. The second kappa shape index (κ2) is 7.36. The smallest absolute Gasteiger partial charge is 0.209 e. The summed E-state index contributed by atoms with van der Waals surface area (Å²) in [6.45, 7) is 3.53. The van der Waals surface area contributed by atoms with E-state index in [0.717, 1.165) is 5.69 Å². The lowest BCUT2D eigenvalue weighted by Gasteiger charge is -2.40. The van der Waals surface area contributed by atoms with Crippen LogP contribution in [0.25, 0.3) is 0 Å². The molecule has 0 bridgehead atoms. The number of aliphatic hydroxyl groups is 1. The largest absolute Gasteiger partial charge is 0.485 e. The van der Waals surface area contributed by atoms with E-state index in [2.05, 4.69) is 21.7 Å². The summed E-state index contributed by atoms with van der Waals surface area (Å²) in [5, 5.41) is 34.7. The molecule has 0 saturated heterocycles. The molecule has 3 N–H and O–H groups in total. The monoisotopic (exact) mass is 361 g/mol. The minimum atomic E-state index is -0.980. The molecule has 27 heavy (non-hydrogen) atoms. The number of nitrogens with zero attached hydrogens (tertiary/aromatic N) is 3. The molecule has 0 saturated carbocycles. The maximum Gasteiger partial charge on any atom is 0.209 e. The topological polar surface area (TPSA) is 113 Å². The van der Waals surface area contributed by atoms with Crippen LogP contribution >= 0.6 is 0 Å². The third-order valence-corrected chi connectivity index (χ3v) is 4.32. The van der Waals surface area contributed by atoms with Crippen LogP contribution in [0.4, 0.5) is 5.69 Å². The Bertz CT molecular complexity index is 941. The summed E-state index contributed by atoms with van der Waals surface area (Å²) in [5.74, 6) is 0.743. The van der Waals surface area contributed by atoms with Crippen LogP contribution in [0.5, 0.6) is 5.75 Å². The number of anilines is 1. The first-order valence-corrected chi connectivity index (χ1v) is 8.40. The molecular formula is C20H19N5O2. The van der Waals surface area contributed by atoms with E-state index < -0.39 is 17.7 Å². The van der Waals surface area contributed by atoms with Crippen LogP contribution < -0.4 is 15.4 Å². The summed E-state index contributed by atoms with van der Waals surface area (Å²) in [7, 11) is 0. The molecule has 1 aliphatic heterocycles. The van der Waals surface area contributed by atoms with Crippen molar-refractivity contribution in [2.45, 2.75) is 31.6 Å². The first-order valence-electron chi connectivity index (χ1n) is 8.40. The zero-order valence-electron chi connectivity index (χ0n) is 15.0. The van der Waals surface area contributed by atoms with Crippen molar-refractivity contribution in [1.29, 1.82) is 10.5 Å². The molecule has 0 unspecified atom stereocenters. The Morgan fingerprint density at radius 2 is 1.93 bits per heavy atom. The Balaban J connectivity index is 2.05. The van der Waals surface area contributed by atoms with Crippen molar-refractivity contribution >= 4 is 11.6 Å². The minimum absolute atomic E-state index is 0.193. The number of nitriles is 2. The van der Waals surface area contributed by atoms with Crippen LogP contribution in [0.15, 0.2) is 53.5 Å². The van der Waals surface area contributed by atoms with Crippen molar-refractivity contribution in [1.82, 2.24) is 5.32 Å². The first-order chi connectivity index (χ1) is 12.9. The van der Waals surface area contributed by atoms with Crippen LogP contribution in [-0.4, -0.2) is 22.8 Å². The zero-order valence-corrected chi connectivity index (χ0v) is 15.0. The average molecular weight is 361 g/mol. The molecule has 7 heteroatoms. The van der Waals surface area contributed by atoms with Crippen LogP contribution in [0.3, 0.4) is 0 Å². The maximum absolute atomic E-state index is 10.8. The Kier molecular flexibility index (Phi) is 4.98. The number of rotatable bonds is 2. The van der Waals surface area contributed by atoms with E-state index in [-0.39, 0.29) is 5.96 Å². The number of ether oxygens (including phenoxy) is 1.